The van der Waals surface area contributed by atoms with Gasteiger partial charge in [-0.2, -0.15) is 0 Å². The van der Waals surface area contributed by atoms with Crippen LogP contribution in [0, 0.1) is 0 Å². The van der Waals surface area contributed by atoms with E-state index in [0.717, 1.165) is 10.5 Å². The molecule has 1 saturated heterocycles. The molecule has 144 valence electrons. The second kappa shape index (κ2) is 6.87. The molecule has 2 aromatic rings. The van der Waals surface area contributed by atoms with E-state index in [2.05, 4.69) is 0 Å². The molecule has 0 aromatic heterocycles. The van der Waals surface area contributed by atoms with Gasteiger partial charge in [0.05, 0.1) is 29.8 Å². The highest BCUT2D eigenvalue weighted by molar-refractivity contribution is 6.22. The summed E-state index contributed by atoms with van der Waals surface area (Å²) in [5.74, 6) is -1.09. The molecule has 0 saturated carbocycles. The summed E-state index contributed by atoms with van der Waals surface area (Å²) >= 11 is 0. The maximum atomic E-state index is 13.1. The number of imide groups is 1. The van der Waals surface area contributed by atoms with Crippen LogP contribution in [-0.2, 0) is 9.53 Å². The molecular formula is C22H22N2O4. The van der Waals surface area contributed by atoms with Crippen molar-refractivity contribution in [2.75, 3.05) is 19.7 Å². The van der Waals surface area contributed by atoms with Crippen LogP contribution in [0.1, 0.15) is 46.2 Å². The standard InChI is InChI=1S/C22H22N2O4/c1-22(2)14-28-18(15-8-4-3-5-9-15)12-24(22)19(25)13-23-20(26)16-10-6-7-11-17(16)21(23)27/h3-11,18H,12-14H2,1-2H3. The SMILES string of the molecule is CC1(C)COC(c2ccccc2)CN1C(=O)CN1C(=O)c2ccccc2C1=O. The second-order valence-electron chi connectivity index (χ2n) is 7.77. The number of fused-ring (bicyclic) bond motifs is 1. The Balaban J connectivity index is 1.53. The van der Waals surface area contributed by atoms with Crippen molar-refractivity contribution in [1.82, 2.24) is 9.80 Å². The van der Waals surface area contributed by atoms with Crippen molar-refractivity contribution >= 4 is 17.7 Å². The molecule has 2 aromatic carbocycles. The van der Waals surface area contributed by atoms with Crippen molar-refractivity contribution in [3.05, 3.63) is 71.3 Å². The Hall–Kier alpha value is -2.99. The van der Waals surface area contributed by atoms with Crippen molar-refractivity contribution in [2.45, 2.75) is 25.5 Å². The number of nitrogens with zero attached hydrogens (tertiary/aromatic N) is 2. The molecule has 2 aliphatic rings. The number of benzene rings is 2. The van der Waals surface area contributed by atoms with Crippen LogP contribution in [0.25, 0.3) is 0 Å². The monoisotopic (exact) mass is 378 g/mol. The smallest absolute Gasteiger partial charge is 0.262 e. The van der Waals surface area contributed by atoms with E-state index in [4.69, 9.17) is 4.74 Å². The highest BCUT2D eigenvalue weighted by Gasteiger charge is 2.42. The first-order valence-corrected chi connectivity index (χ1v) is 9.31. The highest BCUT2D eigenvalue weighted by Crippen LogP contribution is 2.31. The lowest BCUT2D eigenvalue weighted by atomic mass is 9.98. The average molecular weight is 378 g/mol. The van der Waals surface area contributed by atoms with Gasteiger partial charge in [-0.3, -0.25) is 19.3 Å². The largest absolute Gasteiger partial charge is 0.369 e. The van der Waals surface area contributed by atoms with Crippen molar-refractivity contribution in [2.24, 2.45) is 0 Å². The van der Waals surface area contributed by atoms with Gasteiger partial charge in [-0.05, 0) is 31.5 Å². The molecular weight excluding hydrogens is 356 g/mol. The summed E-state index contributed by atoms with van der Waals surface area (Å²) in [4.78, 5) is 41.0. The lowest BCUT2D eigenvalue weighted by molar-refractivity contribution is -0.155. The fourth-order valence-electron chi connectivity index (χ4n) is 3.76. The maximum absolute atomic E-state index is 13.1. The molecule has 2 heterocycles. The number of ether oxygens (including phenoxy) is 1. The summed E-state index contributed by atoms with van der Waals surface area (Å²) in [6, 6.07) is 16.4. The minimum Gasteiger partial charge on any atom is -0.369 e. The minimum absolute atomic E-state index is 0.236. The Morgan fingerprint density at radius 3 is 2.18 bits per heavy atom. The van der Waals surface area contributed by atoms with Gasteiger partial charge < -0.3 is 9.64 Å². The number of hydrogen-bond donors (Lipinski definition) is 0. The fourth-order valence-corrected chi connectivity index (χ4v) is 3.76. The molecule has 3 amide bonds. The Labute approximate surface area is 163 Å². The number of rotatable bonds is 3. The normalized spacial score (nSPS) is 21.0. The highest BCUT2D eigenvalue weighted by atomic mass is 16.5. The lowest BCUT2D eigenvalue weighted by Gasteiger charge is -2.45. The second-order valence-corrected chi connectivity index (χ2v) is 7.77. The molecule has 4 rings (SSSR count). The zero-order chi connectivity index (χ0) is 19.9. The molecule has 0 spiro atoms. The average Bonchev–Trinajstić information content (AvgIpc) is 2.93. The van der Waals surface area contributed by atoms with Gasteiger partial charge in [-0.25, -0.2) is 0 Å². The third kappa shape index (κ3) is 3.10. The van der Waals surface area contributed by atoms with Crippen LogP contribution >= 0.6 is 0 Å². The van der Waals surface area contributed by atoms with Crippen molar-refractivity contribution in [1.29, 1.82) is 0 Å². The lowest BCUT2D eigenvalue weighted by Crippen LogP contribution is -2.58. The predicted octanol–water partition coefficient (Wildman–Crippen LogP) is 2.66. The third-order valence-corrected chi connectivity index (χ3v) is 5.36. The molecule has 2 aliphatic heterocycles. The summed E-state index contributed by atoms with van der Waals surface area (Å²) < 4.78 is 5.98. The summed E-state index contributed by atoms with van der Waals surface area (Å²) in [6.07, 6.45) is -0.236. The van der Waals surface area contributed by atoms with E-state index in [1.165, 1.54) is 0 Å². The van der Waals surface area contributed by atoms with Crippen molar-refractivity contribution in [3.8, 4) is 0 Å². The maximum Gasteiger partial charge on any atom is 0.262 e. The van der Waals surface area contributed by atoms with E-state index in [0.29, 0.717) is 24.3 Å². The quantitative estimate of drug-likeness (QED) is 0.770. The first kappa shape index (κ1) is 18.4. The molecule has 0 N–H and O–H groups in total. The van der Waals surface area contributed by atoms with Gasteiger partial charge in [0.25, 0.3) is 11.8 Å². The fraction of sp³-hybridized carbons (Fsp3) is 0.318. The molecule has 6 heteroatoms. The van der Waals surface area contributed by atoms with Crippen molar-refractivity contribution in [3.63, 3.8) is 0 Å². The van der Waals surface area contributed by atoms with E-state index in [-0.39, 0.29) is 18.6 Å². The van der Waals surface area contributed by atoms with E-state index < -0.39 is 17.4 Å². The molecule has 0 bridgehead atoms. The van der Waals surface area contributed by atoms with Crippen LogP contribution < -0.4 is 0 Å². The van der Waals surface area contributed by atoms with E-state index in [1.54, 1.807) is 29.2 Å². The topological polar surface area (TPSA) is 66.9 Å². The molecule has 1 unspecified atom stereocenters. The summed E-state index contributed by atoms with van der Waals surface area (Å²) in [5, 5.41) is 0. The number of carbonyl (C=O) groups is 3. The Morgan fingerprint density at radius 1 is 1.00 bits per heavy atom. The zero-order valence-corrected chi connectivity index (χ0v) is 15.9. The molecule has 1 atom stereocenters. The molecule has 28 heavy (non-hydrogen) atoms. The Morgan fingerprint density at radius 2 is 1.57 bits per heavy atom. The van der Waals surface area contributed by atoms with Gasteiger partial charge in [-0.1, -0.05) is 42.5 Å². The van der Waals surface area contributed by atoms with Gasteiger partial charge in [0, 0.05) is 0 Å². The number of hydrogen-bond acceptors (Lipinski definition) is 4. The molecule has 6 nitrogen and oxygen atoms in total. The van der Waals surface area contributed by atoms with Crippen LogP contribution in [-0.4, -0.2) is 52.8 Å². The Bertz CT molecular complexity index is 904. The van der Waals surface area contributed by atoms with Gasteiger partial charge in [0.1, 0.15) is 12.6 Å². The Kier molecular flexibility index (Phi) is 4.51. The van der Waals surface area contributed by atoms with Gasteiger partial charge >= 0.3 is 0 Å². The summed E-state index contributed by atoms with van der Waals surface area (Å²) in [5.41, 5.74) is 1.17. The van der Waals surface area contributed by atoms with E-state index in [1.807, 2.05) is 44.2 Å². The van der Waals surface area contributed by atoms with Crippen LogP contribution in [0.3, 0.4) is 0 Å². The van der Waals surface area contributed by atoms with E-state index in [9.17, 15) is 14.4 Å². The number of morpholine rings is 1. The van der Waals surface area contributed by atoms with Gasteiger partial charge in [-0.15, -0.1) is 0 Å². The molecule has 0 radical (unpaired) electrons. The van der Waals surface area contributed by atoms with Gasteiger partial charge in [0.15, 0.2) is 0 Å². The first-order valence-electron chi connectivity index (χ1n) is 9.31. The molecule has 1 fully saturated rings. The number of carbonyl (C=O) groups excluding carboxylic acids is 3. The molecule has 0 aliphatic carbocycles. The first-order chi connectivity index (χ1) is 13.4. The van der Waals surface area contributed by atoms with Crippen LogP contribution in [0.5, 0.6) is 0 Å². The number of amides is 3. The van der Waals surface area contributed by atoms with Crippen LogP contribution in [0.2, 0.25) is 0 Å². The van der Waals surface area contributed by atoms with E-state index >= 15 is 0 Å². The minimum atomic E-state index is -0.527. The predicted molar refractivity (Wildman–Crippen MR) is 103 cm³/mol. The third-order valence-electron chi connectivity index (χ3n) is 5.36. The zero-order valence-electron chi connectivity index (χ0n) is 15.9. The van der Waals surface area contributed by atoms with Crippen LogP contribution in [0.15, 0.2) is 54.6 Å². The summed E-state index contributed by atoms with van der Waals surface area (Å²) in [7, 11) is 0. The van der Waals surface area contributed by atoms with Crippen molar-refractivity contribution < 1.29 is 19.1 Å². The van der Waals surface area contributed by atoms with Crippen LogP contribution in [0.4, 0.5) is 0 Å². The summed E-state index contributed by atoms with van der Waals surface area (Å²) in [6.45, 7) is 4.33. The van der Waals surface area contributed by atoms with Gasteiger partial charge in [0.2, 0.25) is 5.91 Å².